The molecule has 1 aromatic rings. The summed E-state index contributed by atoms with van der Waals surface area (Å²) in [6.45, 7) is 0.475. The van der Waals surface area contributed by atoms with Gasteiger partial charge in [0.05, 0.1) is 21.7 Å². The second kappa shape index (κ2) is 5.91. The molecule has 5 heteroatoms. The first kappa shape index (κ1) is 13.7. The largest absolute Gasteiger partial charge is 0.393 e. The van der Waals surface area contributed by atoms with Gasteiger partial charge in [0.15, 0.2) is 0 Å². The van der Waals surface area contributed by atoms with Crippen molar-refractivity contribution in [1.82, 2.24) is 5.32 Å². The zero-order valence-electron chi connectivity index (χ0n) is 9.83. The van der Waals surface area contributed by atoms with Crippen LogP contribution in [0.5, 0.6) is 0 Å². The summed E-state index contributed by atoms with van der Waals surface area (Å²) in [6.07, 6.45) is 2.48. The van der Waals surface area contributed by atoms with Gasteiger partial charge >= 0.3 is 0 Å². The number of nitrogens with one attached hydrogen (secondary N) is 1. The highest BCUT2D eigenvalue weighted by molar-refractivity contribution is 6.43. The van der Waals surface area contributed by atoms with E-state index in [1.54, 1.807) is 18.2 Å². The molecule has 2 unspecified atom stereocenters. The molecule has 3 nitrogen and oxygen atoms in total. The third-order valence-corrected chi connectivity index (χ3v) is 4.16. The number of benzene rings is 1. The molecule has 0 bridgehead atoms. The summed E-state index contributed by atoms with van der Waals surface area (Å²) in [5.41, 5.74) is 0.372. The molecule has 2 rings (SSSR count). The van der Waals surface area contributed by atoms with E-state index in [1.165, 1.54) is 0 Å². The lowest BCUT2D eigenvalue weighted by Gasteiger charge is -2.15. The highest BCUT2D eigenvalue weighted by Gasteiger charge is 2.25. The highest BCUT2D eigenvalue weighted by atomic mass is 35.5. The minimum atomic E-state index is -0.305. The number of hydrogen-bond donors (Lipinski definition) is 2. The summed E-state index contributed by atoms with van der Waals surface area (Å²) in [5, 5.41) is 13.1. The lowest BCUT2D eigenvalue weighted by molar-refractivity contribution is 0.0917. The van der Waals surface area contributed by atoms with E-state index in [9.17, 15) is 9.90 Å². The van der Waals surface area contributed by atoms with Crippen LogP contribution < -0.4 is 5.32 Å². The third-order valence-electron chi connectivity index (χ3n) is 3.34. The molecule has 1 aromatic carbocycles. The molecule has 1 fully saturated rings. The van der Waals surface area contributed by atoms with Crippen LogP contribution in [-0.2, 0) is 0 Å². The number of hydrogen-bond acceptors (Lipinski definition) is 2. The van der Waals surface area contributed by atoms with E-state index in [0.29, 0.717) is 17.1 Å². The number of aliphatic hydroxyl groups is 1. The zero-order valence-corrected chi connectivity index (χ0v) is 11.3. The predicted molar refractivity (Wildman–Crippen MR) is 72.1 cm³/mol. The maximum atomic E-state index is 11.9. The van der Waals surface area contributed by atoms with Gasteiger partial charge in [-0.25, -0.2) is 0 Å². The van der Waals surface area contributed by atoms with Crippen molar-refractivity contribution >= 4 is 29.1 Å². The second-order valence-electron chi connectivity index (χ2n) is 4.57. The van der Waals surface area contributed by atoms with E-state index < -0.39 is 0 Å². The molecule has 0 heterocycles. The number of aliphatic hydroxyl groups excluding tert-OH is 1. The van der Waals surface area contributed by atoms with Crippen LogP contribution in [0.1, 0.15) is 29.6 Å². The molecule has 1 saturated carbocycles. The van der Waals surface area contributed by atoms with E-state index in [4.69, 9.17) is 23.2 Å². The normalized spacial score (nSPS) is 23.1. The summed E-state index contributed by atoms with van der Waals surface area (Å²) in [4.78, 5) is 11.9. The van der Waals surface area contributed by atoms with Crippen LogP contribution in [-0.4, -0.2) is 23.7 Å². The SMILES string of the molecule is O=C(NCC1CCCC1O)c1cccc(Cl)c1Cl. The van der Waals surface area contributed by atoms with Crippen LogP contribution in [0.4, 0.5) is 0 Å². The van der Waals surface area contributed by atoms with Crippen LogP contribution in [0.3, 0.4) is 0 Å². The van der Waals surface area contributed by atoms with E-state index >= 15 is 0 Å². The maximum absolute atomic E-state index is 11.9. The molecule has 1 aliphatic rings. The van der Waals surface area contributed by atoms with Crippen molar-refractivity contribution < 1.29 is 9.90 Å². The van der Waals surface area contributed by atoms with Gasteiger partial charge in [0, 0.05) is 12.5 Å². The number of halogens is 2. The second-order valence-corrected chi connectivity index (χ2v) is 5.35. The Bertz CT molecular complexity index is 451. The molecular weight excluding hydrogens is 273 g/mol. The number of amides is 1. The zero-order chi connectivity index (χ0) is 13.1. The summed E-state index contributed by atoms with van der Waals surface area (Å²) >= 11 is 11.8. The lowest BCUT2D eigenvalue weighted by atomic mass is 10.1. The molecule has 2 N–H and O–H groups in total. The van der Waals surface area contributed by atoms with Crippen molar-refractivity contribution in [2.75, 3.05) is 6.54 Å². The Morgan fingerprint density at radius 3 is 2.83 bits per heavy atom. The standard InChI is InChI=1S/C13H15Cl2NO2/c14-10-5-2-4-9(12(10)15)13(18)16-7-8-3-1-6-11(8)17/h2,4-5,8,11,17H,1,3,6-7H2,(H,16,18). The molecule has 0 spiro atoms. The fraction of sp³-hybridized carbons (Fsp3) is 0.462. The van der Waals surface area contributed by atoms with E-state index in [2.05, 4.69) is 5.32 Å². The van der Waals surface area contributed by atoms with Crippen LogP contribution in [0.25, 0.3) is 0 Å². The first-order chi connectivity index (χ1) is 8.59. The Kier molecular flexibility index (Phi) is 4.49. The van der Waals surface area contributed by atoms with E-state index in [1.807, 2.05) is 0 Å². The molecule has 0 aromatic heterocycles. The molecule has 0 aliphatic heterocycles. The van der Waals surface area contributed by atoms with E-state index in [-0.39, 0.29) is 23.0 Å². The van der Waals surface area contributed by atoms with Gasteiger partial charge in [-0.3, -0.25) is 4.79 Å². The number of carbonyl (C=O) groups excluding carboxylic acids is 1. The summed E-state index contributed by atoms with van der Waals surface area (Å²) < 4.78 is 0. The van der Waals surface area contributed by atoms with Crippen molar-refractivity contribution in [3.05, 3.63) is 33.8 Å². The van der Waals surface area contributed by atoms with Gasteiger partial charge in [0.2, 0.25) is 0 Å². The molecular formula is C13H15Cl2NO2. The molecule has 18 heavy (non-hydrogen) atoms. The fourth-order valence-corrected chi connectivity index (χ4v) is 2.64. The summed E-state index contributed by atoms with van der Waals surface area (Å²) in [6, 6.07) is 4.96. The van der Waals surface area contributed by atoms with Crippen molar-refractivity contribution in [2.45, 2.75) is 25.4 Å². The Balaban J connectivity index is 1.97. The predicted octanol–water partition coefficient (Wildman–Crippen LogP) is 2.88. The summed E-state index contributed by atoms with van der Waals surface area (Å²) in [5.74, 6) is -0.103. The van der Waals surface area contributed by atoms with Crippen molar-refractivity contribution in [3.63, 3.8) is 0 Å². The van der Waals surface area contributed by atoms with E-state index in [0.717, 1.165) is 19.3 Å². The van der Waals surface area contributed by atoms with Gasteiger partial charge < -0.3 is 10.4 Å². The first-order valence-electron chi connectivity index (χ1n) is 6.00. The van der Waals surface area contributed by atoms with Crippen molar-refractivity contribution in [3.8, 4) is 0 Å². The van der Waals surface area contributed by atoms with Crippen molar-refractivity contribution in [2.24, 2.45) is 5.92 Å². The Morgan fingerprint density at radius 1 is 1.39 bits per heavy atom. The van der Waals surface area contributed by atoms with Crippen LogP contribution in [0, 0.1) is 5.92 Å². The minimum Gasteiger partial charge on any atom is -0.393 e. The molecule has 2 atom stereocenters. The Hall–Kier alpha value is -0.770. The Morgan fingerprint density at radius 2 is 2.17 bits per heavy atom. The minimum absolute atomic E-state index is 0.145. The van der Waals surface area contributed by atoms with Gasteiger partial charge in [0.25, 0.3) is 5.91 Å². The third kappa shape index (κ3) is 2.97. The van der Waals surface area contributed by atoms with Gasteiger partial charge in [-0.05, 0) is 25.0 Å². The topological polar surface area (TPSA) is 49.3 Å². The van der Waals surface area contributed by atoms with Gasteiger partial charge in [-0.2, -0.15) is 0 Å². The molecule has 0 radical (unpaired) electrons. The number of carbonyl (C=O) groups is 1. The van der Waals surface area contributed by atoms with Crippen molar-refractivity contribution in [1.29, 1.82) is 0 Å². The fourth-order valence-electron chi connectivity index (χ4n) is 2.25. The van der Waals surface area contributed by atoms with Gasteiger partial charge in [-0.15, -0.1) is 0 Å². The van der Waals surface area contributed by atoms with Crippen LogP contribution in [0.2, 0.25) is 10.0 Å². The molecule has 98 valence electrons. The van der Waals surface area contributed by atoms with Gasteiger partial charge in [-0.1, -0.05) is 35.7 Å². The van der Waals surface area contributed by atoms with Crippen LogP contribution in [0.15, 0.2) is 18.2 Å². The number of rotatable bonds is 3. The average molecular weight is 288 g/mol. The average Bonchev–Trinajstić information content (AvgIpc) is 2.75. The quantitative estimate of drug-likeness (QED) is 0.898. The maximum Gasteiger partial charge on any atom is 0.252 e. The monoisotopic (exact) mass is 287 g/mol. The smallest absolute Gasteiger partial charge is 0.252 e. The first-order valence-corrected chi connectivity index (χ1v) is 6.75. The lowest BCUT2D eigenvalue weighted by Crippen LogP contribution is -2.32. The van der Waals surface area contributed by atoms with Crippen LogP contribution >= 0.6 is 23.2 Å². The Labute approximate surface area is 116 Å². The highest BCUT2D eigenvalue weighted by Crippen LogP contribution is 2.27. The summed E-state index contributed by atoms with van der Waals surface area (Å²) in [7, 11) is 0. The van der Waals surface area contributed by atoms with Gasteiger partial charge in [0.1, 0.15) is 0 Å². The molecule has 1 amide bonds. The molecule has 1 aliphatic carbocycles. The molecule has 0 saturated heterocycles.